The number of nitrogens with two attached hydrogens (primary N) is 1. The summed E-state index contributed by atoms with van der Waals surface area (Å²) in [5.74, 6) is 1.02. The molecule has 0 unspecified atom stereocenters. The van der Waals surface area contributed by atoms with E-state index in [1.807, 2.05) is 24.9 Å². The third kappa shape index (κ3) is 5.25. The molecule has 3 rings (SSSR count). The molecule has 1 aromatic heterocycles. The summed E-state index contributed by atoms with van der Waals surface area (Å²) in [5, 5.41) is 0. The zero-order valence-electron chi connectivity index (χ0n) is 16.5. The highest BCUT2D eigenvalue weighted by atomic mass is 19.1. The summed E-state index contributed by atoms with van der Waals surface area (Å²) in [7, 11) is 2.03. The van der Waals surface area contributed by atoms with E-state index in [2.05, 4.69) is 14.9 Å². The number of likely N-dealkylation sites (tertiary alicyclic amines) is 1. The molecule has 1 saturated heterocycles. The van der Waals surface area contributed by atoms with Gasteiger partial charge in [0.1, 0.15) is 17.5 Å². The van der Waals surface area contributed by atoms with Gasteiger partial charge in [0.2, 0.25) is 5.91 Å². The van der Waals surface area contributed by atoms with Crippen LogP contribution >= 0.6 is 0 Å². The lowest BCUT2D eigenvalue weighted by molar-refractivity contribution is -0.134. The normalized spacial score (nSPS) is 17.9. The maximum Gasteiger partial charge on any atom is 0.225 e. The van der Waals surface area contributed by atoms with E-state index >= 15 is 0 Å². The molecule has 0 saturated carbocycles. The number of nitrogen functional groups attached to an aromatic ring is 1. The van der Waals surface area contributed by atoms with Gasteiger partial charge in [-0.1, -0.05) is 19.1 Å². The Morgan fingerprint density at radius 2 is 2.25 bits per heavy atom. The minimum Gasteiger partial charge on any atom is -0.384 e. The van der Waals surface area contributed by atoms with Crippen molar-refractivity contribution in [1.29, 1.82) is 0 Å². The fourth-order valence-corrected chi connectivity index (χ4v) is 3.66. The molecule has 0 radical (unpaired) electrons. The maximum atomic E-state index is 13.3. The largest absolute Gasteiger partial charge is 0.384 e. The van der Waals surface area contributed by atoms with E-state index in [0.717, 1.165) is 24.9 Å². The first kappa shape index (κ1) is 20.2. The van der Waals surface area contributed by atoms with Crippen LogP contribution in [-0.2, 0) is 17.8 Å². The number of carbonyl (C=O) groups excluding carboxylic acids is 1. The third-order valence-corrected chi connectivity index (χ3v) is 5.39. The average Bonchev–Trinajstić information content (AvgIpc) is 3.16. The molecule has 2 heterocycles. The molecular formula is C21H28FN5O. The number of carbonyl (C=O) groups is 1. The molecule has 1 aromatic carbocycles. The monoisotopic (exact) mass is 385 g/mol. The van der Waals surface area contributed by atoms with Crippen molar-refractivity contribution in [1.82, 2.24) is 19.8 Å². The summed E-state index contributed by atoms with van der Waals surface area (Å²) in [4.78, 5) is 25.4. The Hall–Kier alpha value is -2.54. The molecule has 1 aliphatic rings. The molecule has 2 atom stereocenters. The molecule has 2 N–H and O–H groups in total. The second-order valence-electron chi connectivity index (χ2n) is 7.61. The standard InChI is InChI=1S/C21H28FN5O/c1-15(6-7-16-4-3-5-17(22)12-16)21(28)27-11-9-18(13-27)26(2)14-20-24-10-8-19(23)25-20/h3-5,8,10,12,15,18H,6-7,9,11,13-14H2,1-2H3,(H2,23,24,25)/t15-,18+/m1/s1. The number of aryl methyl sites for hydroxylation is 1. The molecule has 0 spiro atoms. The summed E-state index contributed by atoms with van der Waals surface area (Å²) in [6.45, 7) is 4.03. The zero-order chi connectivity index (χ0) is 20.1. The molecule has 150 valence electrons. The number of hydrogen-bond donors (Lipinski definition) is 1. The molecule has 0 bridgehead atoms. The van der Waals surface area contributed by atoms with Gasteiger partial charge in [0.05, 0.1) is 6.54 Å². The summed E-state index contributed by atoms with van der Waals surface area (Å²) >= 11 is 0. The van der Waals surface area contributed by atoms with E-state index in [9.17, 15) is 9.18 Å². The molecule has 1 aliphatic heterocycles. The van der Waals surface area contributed by atoms with Gasteiger partial charge in [-0.25, -0.2) is 14.4 Å². The summed E-state index contributed by atoms with van der Waals surface area (Å²) in [6, 6.07) is 8.54. The lowest BCUT2D eigenvalue weighted by Gasteiger charge is -2.25. The van der Waals surface area contributed by atoms with Gasteiger partial charge in [0, 0.05) is 31.2 Å². The highest BCUT2D eigenvalue weighted by Crippen LogP contribution is 2.20. The van der Waals surface area contributed by atoms with Gasteiger partial charge in [0.15, 0.2) is 0 Å². The molecule has 28 heavy (non-hydrogen) atoms. The van der Waals surface area contributed by atoms with Crippen LogP contribution in [0.2, 0.25) is 0 Å². The van der Waals surface area contributed by atoms with Crippen LogP contribution in [0.15, 0.2) is 36.5 Å². The van der Waals surface area contributed by atoms with Gasteiger partial charge in [-0.05, 0) is 50.1 Å². The number of rotatable bonds is 7. The van der Waals surface area contributed by atoms with Crippen molar-refractivity contribution in [2.75, 3.05) is 25.9 Å². The van der Waals surface area contributed by atoms with E-state index in [-0.39, 0.29) is 23.7 Å². The molecule has 6 nitrogen and oxygen atoms in total. The zero-order valence-corrected chi connectivity index (χ0v) is 16.5. The van der Waals surface area contributed by atoms with Crippen LogP contribution in [0.25, 0.3) is 0 Å². The first-order valence-corrected chi connectivity index (χ1v) is 9.73. The van der Waals surface area contributed by atoms with Crippen molar-refractivity contribution in [2.24, 2.45) is 5.92 Å². The van der Waals surface area contributed by atoms with Gasteiger partial charge >= 0.3 is 0 Å². The second-order valence-corrected chi connectivity index (χ2v) is 7.61. The Morgan fingerprint density at radius 3 is 3.00 bits per heavy atom. The maximum absolute atomic E-state index is 13.3. The van der Waals surface area contributed by atoms with E-state index in [1.165, 1.54) is 12.1 Å². The van der Waals surface area contributed by atoms with Crippen molar-refractivity contribution >= 4 is 11.7 Å². The Balaban J connectivity index is 1.48. The van der Waals surface area contributed by atoms with Crippen molar-refractivity contribution in [3.8, 4) is 0 Å². The number of likely N-dealkylation sites (N-methyl/N-ethyl adjacent to an activating group) is 1. The van der Waals surface area contributed by atoms with Crippen LogP contribution < -0.4 is 5.73 Å². The number of benzene rings is 1. The van der Waals surface area contributed by atoms with Crippen LogP contribution in [0.1, 0.15) is 31.2 Å². The summed E-state index contributed by atoms with van der Waals surface area (Å²) in [5.41, 5.74) is 6.65. The Morgan fingerprint density at radius 1 is 1.43 bits per heavy atom. The average molecular weight is 385 g/mol. The highest BCUT2D eigenvalue weighted by Gasteiger charge is 2.31. The minimum absolute atomic E-state index is 0.0791. The van der Waals surface area contributed by atoms with Crippen LogP contribution in [0.5, 0.6) is 0 Å². The first-order valence-electron chi connectivity index (χ1n) is 9.73. The van der Waals surface area contributed by atoms with Crippen LogP contribution in [0.4, 0.5) is 10.2 Å². The number of aromatic nitrogens is 2. The molecule has 2 aromatic rings. The summed E-state index contributed by atoms with van der Waals surface area (Å²) < 4.78 is 13.3. The predicted molar refractivity (Wildman–Crippen MR) is 107 cm³/mol. The Bertz CT molecular complexity index is 815. The third-order valence-electron chi connectivity index (χ3n) is 5.39. The number of anilines is 1. The van der Waals surface area contributed by atoms with Gasteiger partial charge < -0.3 is 10.6 Å². The van der Waals surface area contributed by atoms with Crippen molar-refractivity contribution < 1.29 is 9.18 Å². The lowest BCUT2D eigenvalue weighted by atomic mass is 10.00. The van der Waals surface area contributed by atoms with E-state index in [1.54, 1.807) is 18.3 Å². The number of halogens is 1. The smallest absolute Gasteiger partial charge is 0.225 e. The molecule has 7 heteroatoms. The fourth-order valence-electron chi connectivity index (χ4n) is 3.66. The van der Waals surface area contributed by atoms with Crippen LogP contribution in [-0.4, -0.2) is 51.9 Å². The Kier molecular flexibility index (Phi) is 6.57. The lowest BCUT2D eigenvalue weighted by Crippen LogP contribution is -2.38. The minimum atomic E-state index is -0.231. The second kappa shape index (κ2) is 9.10. The van der Waals surface area contributed by atoms with E-state index < -0.39 is 0 Å². The van der Waals surface area contributed by atoms with Crippen molar-refractivity contribution in [3.05, 3.63) is 53.7 Å². The first-order chi connectivity index (χ1) is 13.4. The quantitative estimate of drug-likeness (QED) is 0.793. The number of nitrogens with zero attached hydrogens (tertiary/aromatic N) is 4. The molecule has 0 aliphatic carbocycles. The van der Waals surface area contributed by atoms with Crippen molar-refractivity contribution in [3.63, 3.8) is 0 Å². The highest BCUT2D eigenvalue weighted by molar-refractivity contribution is 5.78. The number of hydrogen-bond acceptors (Lipinski definition) is 5. The fraction of sp³-hybridized carbons (Fsp3) is 0.476. The van der Waals surface area contributed by atoms with Gasteiger partial charge in [0.25, 0.3) is 0 Å². The summed E-state index contributed by atoms with van der Waals surface area (Å²) in [6.07, 6.45) is 4.02. The molecule has 1 fully saturated rings. The van der Waals surface area contributed by atoms with Crippen LogP contribution in [0.3, 0.4) is 0 Å². The topological polar surface area (TPSA) is 75.4 Å². The SMILES string of the molecule is C[C@H](CCc1cccc(F)c1)C(=O)N1CC[C@H](N(C)Cc2nccc(N)n2)C1. The van der Waals surface area contributed by atoms with E-state index in [4.69, 9.17) is 5.73 Å². The van der Waals surface area contributed by atoms with Gasteiger partial charge in [-0.3, -0.25) is 9.69 Å². The van der Waals surface area contributed by atoms with Gasteiger partial charge in [-0.2, -0.15) is 0 Å². The molecule has 1 amide bonds. The predicted octanol–water partition coefficient (Wildman–Crippen LogP) is 2.50. The Labute approximate surface area is 165 Å². The molecular weight excluding hydrogens is 357 g/mol. The number of amides is 1. The van der Waals surface area contributed by atoms with Crippen molar-refractivity contribution in [2.45, 2.75) is 38.8 Å². The van der Waals surface area contributed by atoms with Gasteiger partial charge in [-0.15, -0.1) is 0 Å². The van der Waals surface area contributed by atoms with Crippen LogP contribution in [0, 0.1) is 11.7 Å². The van der Waals surface area contributed by atoms with E-state index in [0.29, 0.717) is 31.2 Å².